The standard InChI is InChI=1S/C9H16O7/c1-9(2,3-4-10)16-8(15)6(12)5(11)7(13)14/h5-6,10-12H,3-4H2,1-2H3,(H,13,14). The molecule has 0 saturated carbocycles. The van der Waals surface area contributed by atoms with Crippen molar-refractivity contribution < 1.29 is 34.8 Å². The molecule has 0 aromatic rings. The van der Waals surface area contributed by atoms with E-state index < -0.39 is 29.7 Å². The lowest BCUT2D eigenvalue weighted by Gasteiger charge is -2.26. The van der Waals surface area contributed by atoms with Crippen molar-refractivity contribution in [3.63, 3.8) is 0 Å². The second-order valence-electron chi connectivity index (χ2n) is 3.88. The summed E-state index contributed by atoms with van der Waals surface area (Å²) in [5.41, 5.74) is -1.04. The van der Waals surface area contributed by atoms with E-state index in [0.717, 1.165) is 0 Å². The predicted octanol–water partition coefficient (Wildman–Crippen LogP) is -1.50. The van der Waals surface area contributed by atoms with E-state index in [1.807, 2.05) is 0 Å². The summed E-state index contributed by atoms with van der Waals surface area (Å²) >= 11 is 0. The van der Waals surface area contributed by atoms with Gasteiger partial charge in [0.2, 0.25) is 0 Å². The summed E-state index contributed by atoms with van der Waals surface area (Å²) in [5, 5.41) is 35.0. The number of carboxylic acids is 1. The van der Waals surface area contributed by atoms with Crippen LogP contribution in [0.2, 0.25) is 0 Å². The average Bonchev–Trinajstić information content (AvgIpc) is 2.14. The van der Waals surface area contributed by atoms with Crippen molar-refractivity contribution in [3.05, 3.63) is 0 Å². The number of hydrogen-bond donors (Lipinski definition) is 4. The van der Waals surface area contributed by atoms with Crippen molar-refractivity contribution in [2.24, 2.45) is 0 Å². The monoisotopic (exact) mass is 236 g/mol. The Balaban J connectivity index is 4.41. The Kier molecular flexibility index (Phi) is 5.36. The van der Waals surface area contributed by atoms with E-state index in [9.17, 15) is 9.59 Å². The molecule has 0 bridgehead atoms. The number of rotatable bonds is 6. The lowest BCUT2D eigenvalue weighted by Crippen LogP contribution is -2.43. The number of carbonyl (C=O) groups is 2. The minimum absolute atomic E-state index is 0.134. The second-order valence-corrected chi connectivity index (χ2v) is 3.88. The quantitative estimate of drug-likeness (QED) is 0.413. The van der Waals surface area contributed by atoms with Gasteiger partial charge >= 0.3 is 11.9 Å². The van der Waals surface area contributed by atoms with Gasteiger partial charge in [-0.05, 0) is 13.8 Å². The third-order valence-corrected chi connectivity index (χ3v) is 1.88. The van der Waals surface area contributed by atoms with E-state index in [1.165, 1.54) is 13.8 Å². The highest BCUT2D eigenvalue weighted by Crippen LogP contribution is 2.15. The molecule has 7 nitrogen and oxygen atoms in total. The second kappa shape index (κ2) is 5.78. The summed E-state index contributed by atoms with van der Waals surface area (Å²) in [6.07, 6.45) is -4.23. The molecule has 0 fully saturated rings. The van der Waals surface area contributed by atoms with Crippen LogP contribution in [0.4, 0.5) is 0 Å². The predicted molar refractivity (Wildman–Crippen MR) is 51.5 cm³/mol. The number of carbonyl (C=O) groups excluding carboxylic acids is 1. The first-order valence-electron chi connectivity index (χ1n) is 4.64. The molecule has 16 heavy (non-hydrogen) atoms. The molecular weight excluding hydrogens is 220 g/mol. The first-order valence-corrected chi connectivity index (χ1v) is 4.64. The Bertz CT molecular complexity index is 261. The highest BCUT2D eigenvalue weighted by molar-refractivity contribution is 5.84. The van der Waals surface area contributed by atoms with Crippen molar-refractivity contribution in [2.45, 2.75) is 38.1 Å². The normalized spacial score (nSPS) is 15.3. The summed E-state index contributed by atoms with van der Waals surface area (Å²) in [6, 6.07) is 0. The molecule has 0 rings (SSSR count). The molecule has 0 saturated heterocycles. The van der Waals surface area contributed by atoms with Gasteiger partial charge in [-0.1, -0.05) is 0 Å². The molecule has 0 aliphatic rings. The summed E-state index contributed by atoms with van der Waals surface area (Å²) in [7, 11) is 0. The van der Waals surface area contributed by atoms with Crippen molar-refractivity contribution in [1.29, 1.82) is 0 Å². The number of ether oxygens (including phenoxy) is 1. The fourth-order valence-corrected chi connectivity index (χ4v) is 0.917. The molecule has 4 N–H and O–H groups in total. The Morgan fingerprint density at radius 1 is 1.25 bits per heavy atom. The zero-order chi connectivity index (χ0) is 12.9. The average molecular weight is 236 g/mol. The minimum Gasteiger partial charge on any atom is -0.479 e. The molecule has 2 unspecified atom stereocenters. The lowest BCUT2D eigenvalue weighted by atomic mass is 10.1. The van der Waals surface area contributed by atoms with Crippen LogP contribution in [0, 0.1) is 0 Å². The van der Waals surface area contributed by atoms with Gasteiger partial charge in [0.25, 0.3) is 0 Å². The van der Waals surface area contributed by atoms with Crippen LogP contribution in [-0.2, 0) is 14.3 Å². The molecule has 0 aliphatic carbocycles. The van der Waals surface area contributed by atoms with E-state index in [4.69, 9.17) is 25.2 Å². The Morgan fingerprint density at radius 3 is 2.12 bits per heavy atom. The van der Waals surface area contributed by atoms with Crippen LogP contribution in [0.3, 0.4) is 0 Å². The molecule has 0 amide bonds. The van der Waals surface area contributed by atoms with E-state index in [2.05, 4.69) is 0 Å². The van der Waals surface area contributed by atoms with Crippen LogP contribution in [-0.4, -0.2) is 56.8 Å². The van der Waals surface area contributed by atoms with Crippen LogP contribution in [0.15, 0.2) is 0 Å². The number of carboxylic acid groups (broad SMARTS) is 1. The highest BCUT2D eigenvalue weighted by atomic mass is 16.6. The number of esters is 1. The maximum atomic E-state index is 11.2. The molecule has 0 aromatic heterocycles. The van der Waals surface area contributed by atoms with E-state index in [0.29, 0.717) is 0 Å². The number of aliphatic carboxylic acids is 1. The Hall–Kier alpha value is -1.18. The summed E-state index contributed by atoms with van der Waals surface area (Å²) in [4.78, 5) is 21.5. The van der Waals surface area contributed by atoms with Crippen LogP contribution in [0.5, 0.6) is 0 Å². The lowest BCUT2D eigenvalue weighted by molar-refractivity contribution is -0.179. The van der Waals surface area contributed by atoms with Gasteiger partial charge in [-0.25, -0.2) is 9.59 Å². The fraction of sp³-hybridized carbons (Fsp3) is 0.778. The molecule has 94 valence electrons. The maximum absolute atomic E-state index is 11.2. The Morgan fingerprint density at radius 2 is 1.75 bits per heavy atom. The summed E-state index contributed by atoms with van der Waals surface area (Å²) in [6.45, 7) is 2.75. The van der Waals surface area contributed by atoms with Gasteiger partial charge in [-0.2, -0.15) is 0 Å². The fourth-order valence-electron chi connectivity index (χ4n) is 0.917. The maximum Gasteiger partial charge on any atom is 0.338 e. The van der Waals surface area contributed by atoms with E-state index in [-0.39, 0.29) is 13.0 Å². The molecular formula is C9H16O7. The third-order valence-electron chi connectivity index (χ3n) is 1.88. The summed E-state index contributed by atoms with van der Waals surface area (Å²) in [5.74, 6) is -2.96. The minimum atomic E-state index is -2.22. The van der Waals surface area contributed by atoms with Gasteiger partial charge in [-0.3, -0.25) is 0 Å². The van der Waals surface area contributed by atoms with Crippen LogP contribution in [0.25, 0.3) is 0 Å². The SMILES string of the molecule is CC(C)(CCO)OC(=O)C(O)C(O)C(=O)O. The van der Waals surface area contributed by atoms with E-state index in [1.54, 1.807) is 0 Å². The zero-order valence-electron chi connectivity index (χ0n) is 9.08. The van der Waals surface area contributed by atoms with Gasteiger partial charge in [-0.15, -0.1) is 0 Å². The van der Waals surface area contributed by atoms with E-state index >= 15 is 0 Å². The van der Waals surface area contributed by atoms with Gasteiger partial charge in [0.05, 0.1) is 0 Å². The van der Waals surface area contributed by atoms with Crippen LogP contribution < -0.4 is 0 Å². The van der Waals surface area contributed by atoms with Gasteiger partial charge in [0.1, 0.15) is 5.60 Å². The number of aliphatic hydroxyl groups is 3. The Labute approximate surface area is 92.3 Å². The number of aliphatic hydroxyl groups excluding tert-OH is 3. The van der Waals surface area contributed by atoms with Crippen LogP contribution >= 0.6 is 0 Å². The molecule has 0 radical (unpaired) electrons. The first kappa shape index (κ1) is 14.8. The van der Waals surface area contributed by atoms with Crippen molar-refractivity contribution >= 4 is 11.9 Å². The zero-order valence-corrected chi connectivity index (χ0v) is 9.08. The van der Waals surface area contributed by atoms with Gasteiger partial charge < -0.3 is 25.2 Å². The topological polar surface area (TPSA) is 124 Å². The molecule has 2 atom stereocenters. The van der Waals surface area contributed by atoms with Crippen LogP contribution in [0.1, 0.15) is 20.3 Å². The number of hydrogen-bond acceptors (Lipinski definition) is 6. The van der Waals surface area contributed by atoms with Gasteiger partial charge in [0.15, 0.2) is 12.2 Å². The highest BCUT2D eigenvalue weighted by Gasteiger charge is 2.34. The molecule has 0 heterocycles. The molecule has 0 aromatic carbocycles. The molecule has 7 heteroatoms. The molecule has 0 aliphatic heterocycles. The van der Waals surface area contributed by atoms with Crippen molar-refractivity contribution in [1.82, 2.24) is 0 Å². The summed E-state index contributed by atoms with van der Waals surface area (Å²) < 4.78 is 4.74. The van der Waals surface area contributed by atoms with Crippen molar-refractivity contribution in [2.75, 3.05) is 6.61 Å². The van der Waals surface area contributed by atoms with Gasteiger partial charge in [0, 0.05) is 13.0 Å². The van der Waals surface area contributed by atoms with Crippen molar-refractivity contribution in [3.8, 4) is 0 Å². The molecule has 0 spiro atoms. The largest absolute Gasteiger partial charge is 0.479 e. The third kappa shape index (κ3) is 4.56. The smallest absolute Gasteiger partial charge is 0.338 e. The first-order chi connectivity index (χ1) is 7.21.